The molecule has 0 saturated carbocycles. The van der Waals surface area contributed by atoms with Gasteiger partial charge in [0.05, 0.1) is 0 Å². The standard InChI is InChI=1S/C13H14ClN3O2S2/c1-2-7-20-13-17-16-12(21-13)15-11(18)8-19-10-5-3-9(14)4-6-10/h3-6H,2,7-8H2,1H3,(H,15,16,18). The Morgan fingerprint density at radius 1 is 1.38 bits per heavy atom. The molecule has 1 N–H and O–H groups in total. The molecule has 0 aliphatic carbocycles. The van der Waals surface area contributed by atoms with Gasteiger partial charge < -0.3 is 4.74 Å². The molecule has 0 aliphatic heterocycles. The molecule has 1 aromatic heterocycles. The maximum absolute atomic E-state index is 11.7. The number of halogens is 1. The summed E-state index contributed by atoms with van der Waals surface area (Å²) in [5.41, 5.74) is 0. The molecule has 0 unspecified atom stereocenters. The van der Waals surface area contributed by atoms with E-state index >= 15 is 0 Å². The van der Waals surface area contributed by atoms with Gasteiger partial charge in [0, 0.05) is 10.8 Å². The number of aromatic nitrogens is 2. The van der Waals surface area contributed by atoms with E-state index in [-0.39, 0.29) is 12.5 Å². The van der Waals surface area contributed by atoms with Crippen LogP contribution in [0.15, 0.2) is 28.6 Å². The van der Waals surface area contributed by atoms with Crippen molar-refractivity contribution < 1.29 is 9.53 Å². The molecule has 0 fully saturated rings. The largest absolute Gasteiger partial charge is 0.484 e. The Labute approximate surface area is 136 Å². The number of carbonyl (C=O) groups is 1. The maximum atomic E-state index is 11.7. The fourth-order valence-corrected chi connectivity index (χ4v) is 3.16. The lowest BCUT2D eigenvalue weighted by atomic mass is 10.3. The minimum atomic E-state index is -0.270. The molecule has 1 aromatic carbocycles. The zero-order valence-corrected chi connectivity index (χ0v) is 13.7. The molecule has 21 heavy (non-hydrogen) atoms. The number of nitrogens with one attached hydrogen (secondary N) is 1. The number of hydrogen-bond acceptors (Lipinski definition) is 6. The van der Waals surface area contributed by atoms with Gasteiger partial charge in [-0.15, -0.1) is 10.2 Å². The molecule has 0 aliphatic rings. The van der Waals surface area contributed by atoms with Gasteiger partial charge in [-0.1, -0.05) is 41.6 Å². The van der Waals surface area contributed by atoms with Crippen molar-refractivity contribution in [3.05, 3.63) is 29.3 Å². The Balaban J connectivity index is 1.78. The summed E-state index contributed by atoms with van der Waals surface area (Å²) in [6.07, 6.45) is 1.07. The van der Waals surface area contributed by atoms with Crippen LogP contribution in [0.25, 0.3) is 0 Å². The third-order valence-corrected chi connectivity index (χ3v) is 4.70. The topological polar surface area (TPSA) is 64.1 Å². The van der Waals surface area contributed by atoms with Gasteiger partial charge in [0.2, 0.25) is 5.13 Å². The molecule has 1 amide bonds. The van der Waals surface area contributed by atoms with Crippen molar-refractivity contribution in [3.63, 3.8) is 0 Å². The van der Waals surface area contributed by atoms with E-state index in [1.807, 2.05) is 0 Å². The van der Waals surface area contributed by atoms with Crippen LogP contribution >= 0.6 is 34.7 Å². The number of carbonyl (C=O) groups excluding carboxylic acids is 1. The Kier molecular flexibility index (Phi) is 6.28. The number of hydrogen-bond donors (Lipinski definition) is 1. The average molecular weight is 344 g/mol. The molecule has 2 aromatic rings. The van der Waals surface area contributed by atoms with E-state index in [0.29, 0.717) is 15.9 Å². The van der Waals surface area contributed by atoms with Gasteiger partial charge in [-0.3, -0.25) is 10.1 Å². The summed E-state index contributed by atoms with van der Waals surface area (Å²) in [6.45, 7) is 2.02. The van der Waals surface area contributed by atoms with Gasteiger partial charge in [-0.2, -0.15) is 0 Å². The first-order chi connectivity index (χ1) is 10.2. The van der Waals surface area contributed by atoms with Gasteiger partial charge in [0.1, 0.15) is 5.75 Å². The fourth-order valence-electron chi connectivity index (χ4n) is 1.34. The number of rotatable bonds is 7. The summed E-state index contributed by atoms with van der Waals surface area (Å²) in [7, 11) is 0. The van der Waals surface area contributed by atoms with Crippen LogP contribution in [0, 0.1) is 0 Å². The second kappa shape index (κ2) is 8.21. The van der Waals surface area contributed by atoms with E-state index in [2.05, 4.69) is 22.4 Å². The van der Waals surface area contributed by atoms with Gasteiger partial charge >= 0.3 is 0 Å². The number of benzene rings is 1. The highest BCUT2D eigenvalue weighted by molar-refractivity contribution is 8.01. The number of anilines is 1. The first-order valence-electron chi connectivity index (χ1n) is 6.32. The lowest BCUT2D eigenvalue weighted by molar-refractivity contribution is -0.118. The van der Waals surface area contributed by atoms with E-state index in [1.165, 1.54) is 11.3 Å². The molecular formula is C13H14ClN3O2S2. The zero-order chi connectivity index (χ0) is 15.1. The Hall–Kier alpha value is -1.31. The molecule has 0 saturated heterocycles. The average Bonchev–Trinajstić information content (AvgIpc) is 2.92. The van der Waals surface area contributed by atoms with E-state index < -0.39 is 0 Å². The SMILES string of the molecule is CCCSc1nnc(NC(=O)COc2ccc(Cl)cc2)s1. The van der Waals surface area contributed by atoms with Gasteiger partial charge in [0.25, 0.3) is 5.91 Å². The monoisotopic (exact) mass is 343 g/mol. The van der Waals surface area contributed by atoms with Crippen LogP contribution in [0.4, 0.5) is 5.13 Å². The summed E-state index contributed by atoms with van der Waals surface area (Å²) in [5, 5.41) is 11.7. The van der Waals surface area contributed by atoms with Crippen molar-refractivity contribution in [1.29, 1.82) is 0 Å². The summed E-state index contributed by atoms with van der Waals surface area (Å²) >= 11 is 8.76. The predicted octanol–water partition coefficient (Wildman–Crippen LogP) is 3.71. The van der Waals surface area contributed by atoms with Crippen LogP contribution in [0.2, 0.25) is 5.02 Å². The van der Waals surface area contributed by atoms with Crippen molar-refractivity contribution in [3.8, 4) is 5.75 Å². The quantitative estimate of drug-likeness (QED) is 0.613. The second-order valence-electron chi connectivity index (χ2n) is 4.01. The lowest BCUT2D eigenvalue weighted by Gasteiger charge is -2.05. The van der Waals surface area contributed by atoms with Gasteiger partial charge in [-0.25, -0.2) is 0 Å². The summed E-state index contributed by atoms with van der Waals surface area (Å²) in [4.78, 5) is 11.7. The number of thioether (sulfide) groups is 1. The molecule has 2 rings (SSSR count). The van der Waals surface area contributed by atoms with Crippen molar-refractivity contribution in [1.82, 2.24) is 10.2 Å². The van der Waals surface area contributed by atoms with E-state index in [4.69, 9.17) is 16.3 Å². The third-order valence-electron chi connectivity index (χ3n) is 2.27. The van der Waals surface area contributed by atoms with Crippen LogP contribution in [0.5, 0.6) is 5.75 Å². The highest BCUT2D eigenvalue weighted by atomic mass is 35.5. The molecular weight excluding hydrogens is 330 g/mol. The Bertz CT molecular complexity index is 589. The highest BCUT2D eigenvalue weighted by Gasteiger charge is 2.09. The van der Waals surface area contributed by atoms with Gasteiger partial charge in [-0.05, 0) is 30.7 Å². The fraction of sp³-hybridized carbons (Fsp3) is 0.308. The maximum Gasteiger partial charge on any atom is 0.264 e. The number of nitrogens with zero attached hydrogens (tertiary/aromatic N) is 2. The highest BCUT2D eigenvalue weighted by Crippen LogP contribution is 2.25. The van der Waals surface area contributed by atoms with Crippen molar-refractivity contribution in [2.45, 2.75) is 17.7 Å². The molecule has 5 nitrogen and oxygen atoms in total. The lowest BCUT2D eigenvalue weighted by Crippen LogP contribution is -2.20. The first-order valence-corrected chi connectivity index (χ1v) is 8.50. The van der Waals surface area contributed by atoms with Crippen molar-refractivity contribution >= 4 is 45.7 Å². The third kappa shape index (κ3) is 5.53. The molecule has 0 spiro atoms. The molecule has 0 radical (unpaired) electrons. The Morgan fingerprint density at radius 3 is 2.86 bits per heavy atom. The van der Waals surface area contributed by atoms with E-state index in [0.717, 1.165) is 16.5 Å². The molecule has 112 valence electrons. The van der Waals surface area contributed by atoms with E-state index in [9.17, 15) is 4.79 Å². The second-order valence-corrected chi connectivity index (χ2v) is 6.77. The molecule has 1 heterocycles. The first kappa shape index (κ1) is 16.1. The summed E-state index contributed by atoms with van der Waals surface area (Å²) < 4.78 is 6.20. The van der Waals surface area contributed by atoms with Crippen molar-refractivity contribution in [2.24, 2.45) is 0 Å². The summed E-state index contributed by atoms with van der Waals surface area (Å²) in [5.74, 6) is 1.31. The number of ether oxygens (including phenoxy) is 1. The van der Waals surface area contributed by atoms with Crippen LogP contribution in [0.1, 0.15) is 13.3 Å². The van der Waals surface area contributed by atoms with Gasteiger partial charge in [0.15, 0.2) is 10.9 Å². The Morgan fingerprint density at radius 2 is 2.14 bits per heavy atom. The smallest absolute Gasteiger partial charge is 0.264 e. The predicted molar refractivity (Wildman–Crippen MR) is 86.5 cm³/mol. The molecule has 8 heteroatoms. The zero-order valence-electron chi connectivity index (χ0n) is 11.3. The number of amides is 1. The minimum Gasteiger partial charge on any atom is -0.484 e. The van der Waals surface area contributed by atoms with E-state index in [1.54, 1.807) is 36.0 Å². The van der Waals surface area contributed by atoms with Crippen LogP contribution in [0.3, 0.4) is 0 Å². The summed E-state index contributed by atoms with van der Waals surface area (Å²) in [6, 6.07) is 6.83. The minimum absolute atomic E-state index is 0.0847. The molecule has 0 bridgehead atoms. The molecule has 0 atom stereocenters. The van der Waals surface area contributed by atoms with Crippen LogP contribution < -0.4 is 10.1 Å². The normalized spacial score (nSPS) is 10.4. The van der Waals surface area contributed by atoms with Crippen LogP contribution in [-0.2, 0) is 4.79 Å². The van der Waals surface area contributed by atoms with Crippen molar-refractivity contribution in [2.75, 3.05) is 17.7 Å². The van der Waals surface area contributed by atoms with Crippen LogP contribution in [-0.4, -0.2) is 28.5 Å².